The number of para-hydroxylation sites is 1. The first-order valence-corrected chi connectivity index (χ1v) is 11.4. The molecule has 1 atom stereocenters. The topological polar surface area (TPSA) is 79.8 Å². The zero-order valence-electron chi connectivity index (χ0n) is 17.5. The van der Waals surface area contributed by atoms with E-state index in [4.69, 9.17) is 27.9 Å². The Bertz CT molecular complexity index is 1190. The van der Waals surface area contributed by atoms with Gasteiger partial charge in [0.2, 0.25) is 5.91 Å². The average molecular weight is 549 g/mol. The molecule has 0 aliphatic carbocycles. The lowest BCUT2D eigenvalue weighted by molar-refractivity contribution is -0.131. The van der Waals surface area contributed by atoms with Crippen molar-refractivity contribution in [3.63, 3.8) is 0 Å². The molecule has 0 fully saturated rings. The number of nitrogens with zero attached hydrogens (tertiary/aromatic N) is 1. The highest BCUT2D eigenvalue weighted by molar-refractivity contribution is 9.10. The van der Waals surface area contributed by atoms with E-state index in [-0.39, 0.29) is 6.61 Å². The molecule has 1 unspecified atom stereocenters. The maximum absolute atomic E-state index is 12.4. The molecule has 9 heteroatoms. The van der Waals surface area contributed by atoms with Crippen molar-refractivity contribution in [2.24, 2.45) is 11.0 Å². The number of benzene rings is 3. The molecule has 2 amide bonds. The van der Waals surface area contributed by atoms with Gasteiger partial charge in [-0.3, -0.25) is 9.59 Å². The van der Waals surface area contributed by atoms with Crippen LogP contribution in [0.5, 0.6) is 5.75 Å². The standard InChI is InChI=1S/C24H20BrCl2N3O3/c1-15(23(31)29-21-9-5-3-7-19(21)25)24(32)30-28-13-17-12-18(26)10-11-22(17)33-14-16-6-2-4-8-20(16)27/h2-13,15H,14H2,1H3,(H,29,31)(H,30,32). The molecule has 0 aromatic heterocycles. The number of carbonyl (C=O) groups excluding carboxylic acids is 2. The van der Waals surface area contributed by atoms with Crippen molar-refractivity contribution in [3.05, 3.63) is 92.4 Å². The van der Waals surface area contributed by atoms with E-state index in [2.05, 4.69) is 31.8 Å². The van der Waals surface area contributed by atoms with Crippen LogP contribution in [0.4, 0.5) is 5.69 Å². The number of ether oxygens (including phenoxy) is 1. The summed E-state index contributed by atoms with van der Waals surface area (Å²) in [6, 6.07) is 19.5. The molecule has 0 spiro atoms. The molecule has 170 valence electrons. The van der Waals surface area contributed by atoms with Crippen molar-refractivity contribution in [1.82, 2.24) is 5.43 Å². The molecule has 2 N–H and O–H groups in total. The Balaban J connectivity index is 1.62. The Morgan fingerprint density at radius 1 is 1.06 bits per heavy atom. The van der Waals surface area contributed by atoms with Crippen molar-refractivity contribution in [2.45, 2.75) is 13.5 Å². The fraction of sp³-hybridized carbons (Fsp3) is 0.125. The molecule has 3 aromatic carbocycles. The van der Waals surface area contributed by atoms with Crippen LogP contribution < -0.4 is 15.5 Å². The van der Waals surface area contributed by atoms with Crippen molar-refractivity contribution in [1.29, 1.82) is 0 Å². The van der Waals surface area contributed by atoms with Gasteiger partial charge in [-0.1, -0.05) is 53.5 Å². The highest BCUT2D eigenvalue weighted by atomic mass is 79.9. The molecule has 0 radical (unpaired) electrons. The van der Waals surface area contributed by atoms with Gasteiger partial charge in [-0.15, -0.1) is 0 Å². The molecule has 0 saturated heterocycles. The van der Waals surface area contributed by atoms with E-state index >= 15 is 0 Å². The summed E-state index contributed by atoms with van der Waals surface area (Å²) in [5.74, 6) is -1.47. The molecule has 0 heterocycles. The molecule has 3 aromatic rings. The average Bonchev–Trinajstić information content (AvgIpc) is 2.80. The maximum atomic E-state index is 12.4. The number of hydrazone groups is 1. The summed E-state index contributed by atoms with van der Waals surface area (Å²) in [6.07, 6.45) is 1.41. The quantitative estimate of drug-likeness (QED) is 0.204. The third kappa shape index (κ3) is 7.05. The molecule has 0 aliphatic heterocycles. The smallest absolute Gasteiger partial charge is 0.252 e. The van der Waals surface area contributed by atoms with Crippen LogP contribution in [0.1, 0.15) is 18.1 Å². The summed E-state index contributed by atoms with van der Waals surface area (Å²) in [4.78, 5) is 24.8. The van der Waals surface area contributed by atoms with Crippen LogP contribution in [0, 0.1) is 5.92 Å². The molecule has 33 heavy (non-hydrogen) atoms. The fourth-order valence-corrected chi connectivity index (χ4v) is 3.46. The first kappa shape index (κ1) is 24.8. The first-order valence-electron chi connectivity index (χ1n) is 9.89. The van der Waals surface area contributed by atoms with Gasteiger partial charge < -0.3 is 10.1 Å². The zero-order chi connectivity index (χ0) is 23.8. The third-order valence-electron chi connectivity index (χ3n) is 4.61. The van der Waals surface area contributed by atoms with Crippen LogP contribution in [0.25, 0.3) is 0 Å². The molecule has 0 saturated carbocycles. The van der Waals surface area contributed by atoms with Crippen molar-refractivity contribution in [2.75, 3.05) is 5.32 Å². The molecular formula is C24H20BrCl2N3O3. The number of nitrogens with one attached hydrogen (secondary N) is 2. The highest BCUT2D eigenvalue weighted by Crippen LogP contribution is 2.24. The van der Waals surface area contributed by atoms with Crippen LogP contribution in [0.15, 0.2) is 76.3 Å². The van der Waals surface area contributed by atoms with Crippen molar-refractivity contribution >= 4 is 62.8 Å². The second-order valence-electron chi connectivity index (χ2n) is 6.99. The number of rotatable bonds is 8. The summed E-state index contributed by atoms with van der Waals surface area (Å²) < 4.78 is 6.58. The van der Waals surface area contributed by atoms with E-state index in [1.165, 1.54) is 13.1 Å². The third-order valence-corrected chi connectivity index (χ3v) is 5.90. The fourth-order valence-electron chi connectivity index (χ4n) is 2.71. The second kappa shape index (κ2) is 11.8. The Labute approximate surface area is 210 Å². The predicted octanol–water partition coefficient (Wildman–Crippen LogP) is 6.06. The molecular weight excluding hydrogens is 529 g/mol. The van der Waals surface area contributed by atoms with Crippen LogP contribution in [-0.4, -0.2) is 18.0 Å². The summed E-state index contributed by atoms with van der Waals surface area (Å²) >= 11 is 15.6. The van der Waals surface area contributed by atoms with Gasteiger partial charge in [-0.05, 0) is 59.3 Å². The lowest BCUT2D eigenvalue weighted by atomic mass is 10.1. The van der Waals surface area contributed by atoms with Crippen molar-refractivity contribution < 1.29 is 14.3 Å². The monoisotopic (exact) mass is 547 g/mol. The number of halogens is 3. The highest BCUT2D eigenvalue weighted by Gasteiger charge is 2.21. The normalized spacial score (nSPS) is 11.8. The number of hydrogen-bond acceptors (Lipinski definition) is 4. The zero-order valence-corrected chi connectivity index (χ0v) is 20.6. The molecule has 3 rings (SSSR count). The van der Waals surface area contributed by atoms with E-state index in [0.717, 1.165) is 5.56 Å². The lowest BCUT2D eigenvalue weighted by Crippen LogP contribution is -2.34. The summed E-state index contributed by atoms with van der Waals surface area (Å²) in [6.45, 7) is 1.75. The lowest BCUT2D eigenvalue weighted by Gasteiger charge is -2.12. The minimum Gasteiger partial charge on any atom is -0.488 e. The minimum atomic E-state index is -0.968. The first-order chi connectivity index (χ1) is 15.8. The Morgan fingerprint density at radius 3 is 2.55 bits per heavy atom. The molecule has 0 aliphatic rings. The number of anilines is 1. The van der Waals surface area contributed by atoms with E-state index in [1.807, 2.05) is 24.3 Å². The van der Waals surface area contributed by atoms with Crippen LogP contribution in [-0.2, 0) is 16.2 Å². The number of carbonyl (C=O) groups is 2. The van der Waals surface area contributed by atoms with Crippen molar-refractivity contribution in [3.8, 4) is 5.75 Å². The van der Waals surface area contributed by atoms with Gasteiger partial charge >= 0.3 is 0 Å². The minimum absolute atomic E-state index is 0.251. The van der Waals surface area contributed by atoms with Gasteiger partial charge in [0.05, 0.1) is 11.9 Å². The van der Waals surface area contributed by atoms with Crippen LogP contribution in [0.3, 0.4) is 0 Å². The van der Waals surface area contributed by atoms with E-state index in [0.29, 0.717) is 31.5 Å². The SMILES string of the molecule is CC(C(=O)NN=Cc1cc(Cl)ccc1OCc1ccccc1Cl)C(=O)Nc1ccccc1Br. The summed E-state index contributed by atoms with van der Waals surface area (Å²) in [5.41, 5.74) is 4.34. The second-order valence-corrected chi connectivity index (χ2v) is 8.69. The predicted molar refractivity (Wildman–Crippen MR) is 135 cm³/mol. The largest absolute Gasteiger partial charge is 0.488 e. The molecule has 0 bridgehead atoms. The van der Waals surface area contributed by atoms with Gasteiger partial charge in [0.15, 0.2) is 0 Å². The number of hydrogen-bond donors (Lipinski definition) is 2. The molecule has 6 nitrogen and oxygen atoms in total. The number of amides is 2. The van der Waals surface area contributed by atoms with Gasteiger partial charge in [-0.2, -0.15) is 5.10 Å². The maximum Gasteiger partial charge on any atom is 0.252 e. The Hall–Kier alpha value is -2.87. The van der Waals surface area contributed by atoms with E-state index < -0.39 is 17.7 Å². The van der Waals surface area contributed by atoms with Crippen LogP contribution >= 0.6 is 39.1 Å². The van der Waals surface area contributed by atoms with E-state index in [1.54, 1.807) is 42.5 Å². The van der Waals surface area contributed by atoms with Gasteiger partial charge in [-0.25, -0.2) is 5.43 Å². The van der Waals surface area contributed by atoms with Gasteiger partial charge in [0, 0.05) is 25.6 Å². The van der Waals surface area contributed by atoms with E-state index in [9.17, 15) is 9.59 Å². The Kier molecular flexibility index (Phi) is 8.88. The van der Waals surface area contributed by atoms with Gasteiger partial charge in [0.1, 0.15) is 18.3 Å². The van der Waals surface area contributed by atoms with Crippen LogP contribution in [0.2, 0.25) is 10.0 Å². The van der Waals surface area contributed by atoms with Gasteiger partial charge in [0.25, 0.3) is 5.91 Å². The Morgan fingerprint density at radius 2 is 1.79 bits per heavy atom. The summed E-state index contributed by atoms with van der Waals surface area (Å²) in [7, 11) is 0. The summed E-state index contributed by atoms with van der Waals surface area (Å²) in [5, 5.41) is 7.75.